The lowest BCUT2D eigenvalue weighted by Crippen LogP contribution is -2.38. The number of nitrogens with one attached hydrogen (secondary N) is 1. The molecule has 0 aliphatic carbocycles. The van der Waals surface area contributed by atoms with Gasteiger partial charge in [-0.3, -0.25) is 4.99 Å². The fraction of sp³-hybridized carbons (Fsp3) is 0.765. The highest BCUT2D eigenvalue weighted by molar-refractivity contribution is 7.09. The van der Waals surface area contributed by atoms with Crippen molar-refractivity contribution in [3.8, 4) is 0 Å². The van der Waals surface area contributed by atoms with Gasteiger partial charge in [0.2, 0.25) is 0 Å². The standard InChI is InChI=1S/C17H30N4O2S/c1-4-18-17(21(3)10-16-13-24-14(2)20-16)19-7-5-8-22-11-15-6-9-23-12-15/h13,15H,4-12H2,1-3H3,(H,18,19). The number of thiazole rings is 1. The zero-order valence-electron chi connectivity index (χ0n) is 15.1. The van der Waals surface area contributed by atoms with E-state index in [2.05, 4.69) is 32.5 Å². The van der Waals surface area contributed by atoms with Crippen LogP contribution in [0.2, 0.25) is 0 Å². The molecule has 0 amide bonds. The monoisotopic (exact) mass is 354 g/mol. The molecule has 6 nitrogen and oxygen atoms in total. The maximum atomic E-state index is 5.73. The molecule has 24 heavy (non-hydrogen) atoms. The molecule has 7 heteroatoms. The van der Waals surface area contributed by atoms with Crippen LogP contribution in [0.4, 0.5) is 0 Å². The largest absolute Gasteiger partial charge is 0.381 e. The van der Waals surface area contributed by atoms with Gasteiger partial charge in [-0.25, -0.2) is 4.98 Å². The van der Waals surface area contributed by atoms with E-state index in [1.165, 1.54) is 0 Å². The molecule has 0 saturated carbocycles. The molecular weight excluding hydrogens is 324 g/mol. The number of ether oxygens (including phenoxy) is 2. The summed E-state index contributed by atoms with van der Waals surface area (Å²) < 4.78 is 11.1. The minimum Gasteiger partial charge on any atom is -0.381 e. The summed E-state index contributed by atoms with van der Waals surface area (Å²) in [4.78, 5) is 11.3. The van der Waals surface area contributed by atoms with E-state index in [0.29, 0.717) is 5.92 Å². The van der Waals surface area contributed by atoms with Gasteiger partial charge in [0, 0.05) is 44.6 Å². The number of hydrogen-bond donors (Lipinski definition) is 1. The smallest absolute Gasteiger partial charge is 0.194 e. The van der Waals surface area contributed by atoms with Crippen molar-refractivity contribution in [1.29, 1.82) is 0 Å². The van der Waals surface area contributed by atoms with Crippen molar-refractivity contribution in [2.75, 3.05) is 46.6 Å². The summed E-state index contributed by atoms with van der Waals surface area (Å²) in [6, 6.07) is 0. The van der Waals surface area contributed by atoms with Crippen LogP contribution in [0.15, 0.2) is 10.4 Å². The van der Waals surface area contributed by atoms with Gasteiger partial charge in [-0.2, -0.15) is 0 Å². The van der Waals surface area contributed by atoms with Crippen molar-refractivity contribution in [2.24, 2.45) is 10.9 Å². The molecule has 1 saturated heterocycles. The molecule has 0 bridgehead atoms. The van der Waals surface area contributed by atoms with Crippen LogP contribution < -0.4 is 5.32 Å². The van der Waals surface area contributed by atoms with E-state index < -0.39 is 0 Å². The van der Waals surface area contributed by atoms with Crippen molar-refractivity contribution in [3.05, 3.63) is 16.1 Å². The lowest BCUT2D eigenvalue weighted by Gasteiger charge is -2.21. The summed E-state index contributed by atoms with van der Waals surface area (Å²) >= 11 is 1.69. The van der Waals surface area contributed by atoms with E-state index in [9.17, 15) is 0 Å². The molecule has 0 aromatic carbocycles. The van der Waals surface area contributed by atoms with Gasteiger partial charge in [0.05, 0.1) is 30.5 Å². The summed E-state index contributed by atoms with van der Waals surface area (Å²) in [7, 11) is 2.05. The molecule has 2 rings (SSSR count). The summed E-state index contributed by atoms with van der Waals surface area (Å²) in [6.45, 7) is 9.82. The Morgan fingerprint density at radius 2 is 2.46 bits per heavy atom. The summed E-state index contributed by atoms with van der Waals surface area (Å²) in [5.41, 5.74) is 1.09. The number of hydrogen-bond acceptors (Lipinski definition) is 5. The van der Waals surface area contributed by atoms with Gasteiger partial charge in [-0.1, -0.05) is 0 Å². The Morgan fingerprint density at radius 3 is 3.12 bits per heavy atom. The van der Waals surface area contributed by atoms with Crippen LogP contribution in [0.25, 0.3) is 0 Å². The van der Waals surface area contributed by atoms with E-state index in [0.717, 1.165) is 75.6 Å². The molecule has 1 N–H and O–H groups in total. The van der Waals surface area contributed by atoms with Crippen molar-refractivity contribution in [3.63, 3.8) is 0 Å². The van der Waals surface area contributed by atoms with E-state index in [4.69, 9.17) is 9.47 Å². The molecular formula is C17H30N4O2S. The first-order chi connectivity index (χ1) is 11.7. The maximum Gasteiger partial charge on any atom is 0.194 e. The second-order valence-corrected chi connectivity index (χ2v) is 7.17. The highest BCUT2D eigenvalue weighted by Gasteiger charge is 2.15. The molecule has 1 aromatic heterocycles. The minimum atomic E-state index is 0.582. The van der Waals surface area contributed by atoms with Crippen LogP contribution in [0.5, 0.6) is 0 Å². The second kappa shape index (κ2) is 10.6. The zero-order valence-corrected chi connectivity index (χ0v) is 15.9. The Hall–Kier alpha value is -1.18. The summed E-state index contributed by atoms with van der Waals surface area (Å²) in [5, 5.41) is 6.55. The van der Waals surface area contributed by atoms with Crippen LogP contribution in [-0.4, -0.2) is 62.4 Å². The van der Waals surface area contributed by atoms with E-state index in [1.807, 2.05) is 14.0 Å². The van der Waals surface area contributed by atoms with Gasteiger partial charge in [0.25, 0.3) is 0 Å². The summed E-state index contributed by atoms with van der Waals surface area (Å²) in [5.74, 6) is 1.51. The molecule has 2 heterocycles. The van der Waals surface area contributed by atoms with E-state index in [1.54, 1.807) is 11.3 Å². The van der Waals surface area contributed by atoms with Crippen LogP contribution in [-0.2, 0) is 16.0 Å². The number of nitrogens with zero attached hydrogens (tertiary/aromatic N) is 3. The fourth-order valence-corrected chi connectivity index (χ4v) is 3.19. The fourth-order valence-electron chi connectivity index (χ4n) is 2.58. The predicted octanol–water partition coefficient (Wildman–Crippen LogP) is 2.29. The number of aryl methyl sites for hydroxylation is 1. The molecule has 0 radical (unpaired) electrons. The lowest BCUT2D eigenvalue weighted by atomic mass is 10.1. The third kappa shape index (κ3) is 6.75. The minimum absolute atomic E-state index is 0.582. The third-order valence-electron chi connectivity index (χ3n) is 3.85. The quantitative estimate of drug-likeness (QED) is 0.419. The van der Waals surface area contributed by atoms with Crippen LogP contribution in [0, 0.1) is 12.8 Å². The normalized spacial score (nSPS) is 18.1. The average molecular weight is 355 g/mol. The molecule has 1 aliphatic heterocycles. The van der Waals surface area contributed by atoms with Gasteiger partial charge in [0.1, 0.15) is 0 Å². The molecule has 1 atom stereocenters. The molecule has 1 aliphatic rings. The highest BCUT2D eigenvalue weighted by Crippen LogP contribution is 2.12. The van der Waals surface area contributed by atoms with E-state index in [-0.39, 0.29) is 0 Å². The van der Waals surface area contributed by atoms with Crippen molar-refractivity contribution >= 4 is 17.3 Å². The van der Waals surface area contributed by atoms with Gasteiger partial charge in [-0.15, -0.1) is 11.3 Å². The number of guanidine groups is 1. The SMILES string of the molecule is CCNC(=NCCCOCC1CCOC1)N(C)Cc1csc(C)n1. The van der Waals surface area contributed by atoms with Gasteiger partial charge in [-0.05, 0) is 26.7 Å². The molecule has 136 valence electrons. The predicted molar refractivity (Wildman–Crippen MR) is 98.7 cm³/mol. The number of aromatic nitrogens is 1. The molecule has 1 fully saturated rings. The van der Waals surface area contributed by atoms with Crippen LogP contribution >= 0.6 is 11.3 Å². The van der Waals surface area contributed by atoms with Crippen LogP contribution in [0.3, 0.4) is 0 Å². The first kappa shape index (κ1) is 19.1. The van der Waals surface area contributed by atoms with E-state index >= 15 is 0 Å². The van der Waals surface area contributed by atoms with Crippen molar-refractivity contribution in [2.45, 2.75) is 33.2 Å². The number of aliphatic imine (C=N–C) groups is 1. The Balaban J connectivity index is 1.68. The highest BCUT2D eigenvalue weighted by atomic mass is 32.1. The average Bonchev–Trinajstić information content (AvgIpc) is 3.21. The Bertz CT molecular complexity index is 501. The molecule has 1 unspecified atom stereocenters. The first-order valence-electron chi connectivity index (χ1n) is 8.75. The Kier molecular flexibility index (Phi) is 8.49. The van der Waals surface area contributed by atoms with Crippen molar-refractivity contribution < 1.29 is 9.47 Å². The van der Waals surface area contributed by atoms with Crippen LogP contribution in [0.1, 0.15) is 30.5 Å². The second-order valence-electron chi connectivity index (χ2n) is 6.11. The van der Waals surface area contributed by atoms with Gasteiger partial charge < -0.3 is 19.7 Å². The Morgan fingerprint density at radius 1 is 1.58 bits per heavy atom. The topological polar surface area (TPSA) is 59.0 Å². The molecule has 1 aromatic rings. The molecule has 0 spiro atoms. The summed E-state index contributed by atoms with van der Waals surface area (Å²) in [6.07, 6.45) is 2.07. The third-order valence-corrected chi connectivity index (χ3v) is 4.67. The maximum absolute atomic E-state index is 5.73. The van der Waals surface area contributed by atoms with Gasteiger partial charge >= 0.3 is 0 Å². The zero-order chi connectivity index (χ0) is 17.2. The van der Waals surface area contributed by atoms with Crippen molar-refractivity contribution in [1.82, 2.24) is 15.2 Å². The Labute approximate surface area is 149 Å². The number of rotatable bonds is 9. The first-order valence-corrected chi connectivity index (χ1v) is 9.63. The van der Waals surface area contributed by atoms with Gasteiger partial charge in [0.15, 0.2) is 5.96 Å². The lowest BCUT2D eigenvalue weighted by molar-refractivity contribution is 0.0893.